The zero-order chi connectivity index (χ0) is 22.4. The van der Waals surface area contributed by atoms with Crippen molar-refractivity contribution in [3.05, 3.63) is 65.0 Å². The zero-order valence-corrected chi connectivity index (χ0v) is 19.1. The smallest absolute Gasteiger partial charge is 0.232 e. The van der Waals surface area contributed by atoms with Crippen molar-refractivity contribution in [3.8, 4) is 0 Å². The second-order valence-corrected chi connectivity index (χ2v) is 10.1. The van der Waals surface area contributed by atoms with Crippen molar-refractivity contribution in [2.45, 2.75) is 57.9 Å². The van der Waals surface area contributed by atoms with Gasteiger partial charge in [0.25, 0.3) is 0 Å². The highest BCUT2D eigenvalue weighted by atomic mass is 32.2. The van der Waals surface area contributed by atoms with Crippen LogP contribution in [0.2, 0.25) is 0 Å². The van der Waals surface area contributed by atoms with E-state index < -0.39 is 15.8 Å². The fourth-order valence-electron chi connectivity index (χ4n) is 4.13. The molecule has 1 N–H and O–H groups in total. The lowest BCUT2D eigenvalue weighted by molar-refractivity contribution is -0.121. The summed E-state index contributed by atoms with van der Waals surface area (Å²) in [6.07, 6.45) is 7.16. The summed E-state index contributed by atoms with van der Waals surface area (Å²) in [5, 5.41) is 3.09. The maximum atomic E-state index is 13.2. The van der Waals surface area contributed by atoms with Gasteiger partial charge in [-0.2, -0.15) is 0 Å². The van der Waals surface area contributed by atoms with Gasteiger partial charge in [-0.1, -0.05) is 25.1 Å². The van der Waals surface area contributed by atoms with Crippen LogP contribution in [-0.2, 0) is 27.7 Å². The molecule has 0 heterocycles. The van der Waals surface area contributed by atoms with Gasteiger partial charge in [0.15, 0.2) is 0 Å². The molecule has 0 fully saturated rings. The summed E-state index contributed by atoms with van der Waals surface area (Å²) in [4.78, 5) is 12.6. The maximum absolute atomic E-state index is 13.2. The van der Waals surface area contributed by atoms with Gasteiger partial charge in [0.1, 0.15) is 5.82 Å². The Hall–Kier alpha value is -2.41. The summed E-state index contributed by atoms with van der Waals surface area (Å²) in [5.74, 6) is -0.526. The van der Waals surface area contributed by atoms with Gasteiger partial charge in [-0.05, 0) is 79.5 Å². The predicted octanol–water partition coefficient (Wildman–Crippen LogP) is 4.52. The van der Waals surface area contributed by atoms with Gasteiger partial charge in [0.05, 0.1) is 18.0 Å². The van der Waals surface area contributed by atoms with Crippen molar-refractivity contribution in [1.82, 2.24) is 5.32 Å². The van der Waals surface area contributed by atoms with Gasteiger partial charge >= 0.3 is 0 Å². The first-order chi connectivity index (χ1) is 14.8. The van der Waals surface area contributed by atoms with Crippen LogP contribution in [0.5, 0.6) is 0 Å². The SMILES string of the molecule is CC[C@@H](NC(=O)CCCN(c1ccc(F)cc1)S(C)(=O)=O)c1ccc2c(c1)CCCC2. The van der Waals surface area contributed by atoms with Gasteiger partial charge in [-0.25, -0.2) is 12.8 Å². The first-order valence-electron chi connectivity index (χ1n) is 10.9. The number of benzene rings is 2. The highest BCUT2D eigenvalue weighted by Crippen LogP contribution is 2.26. The number of fused-ring (bicyclic) bond motifs is 1. The number of nitrogens with zero attached hydrogens (tertiary/aromatic N) is 1. The molecule has 0 unspecified atom stereocenters. The standard InChI is InChI=1S/C24H31FN2O3S/c1-3-23(20-11-10-18-7-4-5-8-19(18)17-20)26-24(28)9-6-16-27(31(2,29)30)22-14-12-21(25)13-15-22/h10-15,17,23H,3-9,16H2,1-2H3,(H,26,28)/t23-/m1/s1. The van der Waals surface area contributed by atoms with Crippen LogP contribution < -0.4 is 9.62 Å². The summed E-state index contributed by atoms with van der Waals surface area (Å²) < 4.78 is 38.7. The Morgan fingerprint density at radius 2 is 1.77 bits per heavy atom. The Bertz CT molecular complexity index is 1010. The van der Waals surface area contributed by atoms with Crippen LogP contribution >= 0.6 is 0 Å². The Kier molecular flexibility index (Phi) is 7.70. The molecule has 0 aliphatic heterocycles. The summed E-state index contributed by atoms with van der Waals surface area (Å²) in [6.45, 7) is 2.21. The number of aryl methyl sites for hydroxylation is 2. The van der Waals surface area contributed by atoms with Crippen LogP contribution in [0.4, 0.5) is 10.1 Å². The minimum atomic E-state index is -3.53. The minimum Gasteiger partial charge on any atom is -0.349 e. The van der Waals surface area contributed by atoms with E-state index in [1.54, 1.807) is 0 Å². The third-order valence-corrected chi connectivity index (χ3v) is 6.99. The van der Waals surface area contributed by atoms with E-state index in [2.05, 4.69) is 23.5 Å². The largest absolute Gasteiger partial charge is 0.349 e. The van der Waals surface area contributed by atoms with Gasteiger partial charge in [-0.3, -0.25) is 9.10 Å². The highest BCUT2D eigenvalue weighted by molar-refractivity contribution is 7.92. The van der Waals surface area contributed by atoms with Crippen molar-refractivity contribution in [2.24, 2.45) is 0 Å². The Morgan fingerprint density at radius 1 is 1.10 bits per heavy atom. The molecule has 168 valence electrons. The summed E-state index contributed by atoms with van der Waals surface area (Å²) in [7, 11) is -3.53. The molecule has 2 aromatic rings. The molecule has 1 aliphatic carbocycles. The van der Waals surface area contributed by atoms with E-state index in [0.29, 0.717) is 12.1 Å². The molecule has 0 saturated heterocycles. The van der Waals surface area contributed by atoms with E-state index in [9.17, 15) is 17.6 Å². The number of sulfonamides is 1. The lowest BCUT2D eigenvalue weighted by Crippen LogP contribution is -2.33. The second-order valence-electron chi connectivity index (χ2n) is 8.18. The van der Waals surface area contributed by atoms with E-state index in [4.69, 9.17) is 0 Å². The number of hydrogen-bond donors (Lipinski definition) is 1. The van der Waals surface area contributed by atoms with Crippen LogP contribution in [-0.4, -0.2) is 27.1 Å². The van der Waals surface area contributed by atoms with Gasteiger partial charge < -0.3 is 5.32 Å². The number of carbonyl (C=O) groups is 1. The monoisotopic (exact) mass is 446 g/mol. The molecule has 0 bridgehead atoms. The lowest BCUT2D eigenvalue weighted by atomic mass is 9.89. The van der Waals surface area contributed by atoms with Crippen molar-refractivity contribution in [3.63, 3.8) is 0 Å². The minimum absolute atomic E-state index is 0.0529. The zero-order valence-electron chi connectivity index (χ0n) is 18.2. The highest BCUT2D eigenvalue weighted by Gasteiger charge is 2.19. The Morgan fingerprint density at radius 3 is 2.42 bits per heavy atom. The summed E-state index contributed by atoms with van der Waals surface area (Å²) in [6, 6.07) is 11.8. The topological polar surface area (TPSA) is 66.5 Å². The van der Waals surface area contributed by atoms with E-state index in [0.717, 1.165) is 31.1 Å². The quantitative estimate of drug-likeness (QED) is 0.616. The summed E-state index contributed by atoms with van der Waals surface area (Å²) >= 11 is 0. The molecule has 0 aromatic heterocycles. The van der Waals surface area contributed by atoms with E-state index in [1.165, 1.54) is 52.5 Å². The Balaban J connectivity index is 1.58. The number of hydrogen-bond acceptors (Lipinski definition) is 3. The first-order valence-corrected chi connectivity index (χ1v) is 12.8. The second kappa shape index (κ2) is 10.3. The molecule has 1 aliphatic rings. The molecule has 3 rings (SSSR count). The molecule has 7 heteroatoms. The van der Waals surface area contributed by atoms with Crippen LogP contribution in [0.1, 0.15) is 61.8 Å². The normalized spacial score (nSPS) is 14.5. The number of amides is 1. The molecule has 5 nitrogen and oxygen atoms in total. The molecule has 0 spiro atoms. The van der Waals surface area contributed by atoms with Crippen molar-refractivity contribution < 1.29 is 17.6 Å². The fraction of sp³-hybridized carbons (Fsp3) is 0.458. The molecular formula is C24H31FN2O3S. The molecule has 0 saturated carbocycles. The molecule has 0 radical (unpaired) electrons. The third kappa shape index (κ3) is 6.29. The molecule has 2 aromatic carbocycles. The average Bonchev–Trinajstić information content (AvgIpc) is 2.75. The van der Waals surface area contributed by atoms with E-state index in [1.807, 2.05) is 6.92 Å². The van der Waals surface area contributed by atoms with Crippen LogP contribution in [0.25, 0.3) is 0 Å². The van der Waals surface area contributed by atoms with Crippen LogP contribution in [0.15, 0.2) is 42.5 Å². The third-order valence-electron chi connectivity index (χ3n) is 5.80. The molecular weight excluding hydrogens is 415 g/mol. The van der Waals surface area contributed by atoms with Gasteiger partial charge in [0, 0.05) is 13.0 Å². The Labute approximate surface area is 184 Å². The lowest BCUT2D eigenvalue weighted by Gasteiger charge is -2.23. The number of anilines is 1. The van der Waals surface area contributed by atoms with E-state index >= 15 is 0 Å². The van der Waals surface area contributed by atoms with Gasteiger partial charge in [0.2, 0.25) is 15.9 Å². The predicted molar refractivity (Wildman–Crippen MR) is 122 cm³/mol. The number of halogens is 1. The van der Waals surface area contributed by atoms with Crippen LogP contribution in [0.3, 0.4) is 0 Å². The number of nitrogens with one attached hydrogen (secondary N) is 1. The fourth-order valence-corrected chi connectivity index (χ4v) is 5.10. The maximum Gasteiger partial charge on any atom is 0.232 e. The van der Waals surface area contributed by atoms with Crippen molar-refractivity contribution >= 4 is 21.6 Å². The van der Waals surface area contributed by atoms with E-state index in [-0.39, 0.29) is 24.9 Å². The van der Waals surface area contributed by atoms with Crippen LogP contribution in [0, 0.1) is 5.82 Å². The molecule has 1 atom stereocenters. The number of carbonyl (C=O) groups excluding carboxylic acids is 1. The number of rotatable bonds is 9. The van der Waals surface area contributed by atoms with Crippen molar-refractivity contribution in [2.75, 3.05) is 17.1 Å². The molecule has 31 heavy (non-hydrogen) atoms. The molecule has 1 amide bonds. The summed E-state index contributed by atoms with van der Waals surface area (Å²) in [5.41, 5.74) is 4.32. The average molecular weight is 447 g/mol. The first kappa shape index (κ1) is 23.3. The van der Waals surface area contributed by atoms with Gasteiger partial charge in [-0.15, -0.1) is 0 Å². The van der Waals surface area contributed by atoms with Crippen molar-refractivity contribution in [1.29, 1.82) is 0 Å².